The highest BCUT2D eigenvalue weighted by molar-refractivity contribution is 6.31. The summed E-state index contributed by atoms with van der Waals surface area (Å²) in [6.07, 6.45) is 6.45. The van der Waals surface area contributed by atoms with Crippen LogP contribution in [0.3, 0.4) is 0 Å². The Balaban J connectivity index is 1.97. The Morgan fingerprint density at radius 2 is 1.43 bits per heavy atom. The highest BCUT2D eigenvalue weighted by atomic mass is 35.5. The van der Waals surface area contributed by atoms with Crippen molar-refractivity contribution in [3.8, 4) is 5.75 Å². The van der Waals surface area contributed by atoms with Crippen molar-refractivity contribution in [3.05, 3.63) is 115 Å². The Kier molecular flexibility index (Phi) is 13.7. The molecule has 6 nitrogen and oxygen atoms in total. The van der Waals surface area contributed by atoms with Gasteiger partial charge in [-0.1, -0.05) is 60.2 Å². The van der Waals surface area contributed by atoms with Crippen LogP contribution < -0.4 is 10.1 Å². The SMILES string of the molecule is C=CCOC[C@H]1N[C@@H](c2ccc(Cl)c(Cc3ccc(OCC)cc3)c2)[C@H](OCC=C)[C@@H](OCC=C)[C@@H]1OCC=C. The van der Waals surface area contributed by atoms with E-state index >= 15 is 0 Å². The lowest BCUT2D eigenvalue weighted by Gasteiger charge is -2.47. The third-order valence-corrected chi connectivity index (χ3v) is 6.95. The van der Waals surface area contributed by atoms with Gasteiger partial charge >= 0.3 is 0 Å². The second-order valence-electron chi connectivity index (χ2n) is 9.44. The Morgan fingerprint density at radius 3 is 2.05 bits per heavy atom. The maximum atomic E-state index is 6.69. The van der Waals surface area contributed by atoms with Crippen molar-refractivity contribution in [1.82, 2.24) is 5.32 Å². The normalized spacial score (nSPS) is 22.4. The van der Waals surface area contributed by atoms with Crippen molar-refractivity contribution in [3.63, 3.8) is 0 Å². The van der Waals surface area contributed by atoms with E-state index in [2.05, 4.69) is 49.8 Å². The summed E-state index contributed by atoms with van der Waals surface area (Å²) in [5.41, 5.74) is 3.18. The molecule has 40 heavy (non-hydrogen) atoms. The average Bonchev–Trinajstić information content (AvgIpc) is 2.96. The molecule has 0 unspecified atom stereocenters. The molecule has 0 bridgehead atoms. The summed E-state index contributed by atoms with van der Waals surface area (Å²) in [7, 11) is 0. The molecule has 1 N–H and O–H groups in total. The lowest BCUT2D eigenvalue weighted by atomic mass is 9.85. The molecule has 1 saturated heterocycles. The monoisotopic (exact) mass is 567 g/mol. The molecule has 0 spiro atoms. The largest absolute Gasteiger partial charge is 0.494 e. The molecule has 5 atom stereocenters. The first-order valence-electron chi connectivity index (χ1n) is 13.7. The van der Waals surface area contributed by atoms with Crippen molar-refractivity contribution in [2.24, 2.45) is 0 Å². The first-order valence-corrected chi connectivity index (χ1v) is 14.1. The molecule has 3 rings (SSSR count). The molecule has 2 aromatic carbocycles. The first kappa shape index (κ1) is 31.8. The van der Waals surface area contributed by atoms with Gasteiger partial charge in [0.1, 0.15) is 24.1 Å². The third kappa shape index (κ3) is 8.90. The molecule has 1 heterocycles. The second-order valence-corrected chi connectivity index (χ2v) is 9.85. The lowest BCUT2D eigenvalue weighted by Crippen LogP contribution is -2.64. The number of nitrogens with one attached hydrogen (secondary N) is 1. The number of benzene rings is 2. The fourth-order valence-electron chi connectivity index (χ4n) is 4.88. The van der Waals surface area contributed by atoms with Crippen LogP contribution in [0.15, 0.2) is 93.1 Å². The highest BCUT2D eigenvalue weighted by Gasteiger charge is 2.47. The molecule has 0 saturated carbocycles. The standard InChI is InChI=1S/C33H42ClNO5/c1-6-17-36-23-29-31(38-18-7-2)33(40-20-9-4)32(39-19-8-3)30(35-29)25-13-16-28(34)26(22-25)21-24-11-14-27(15-12-24)37-10-5/h6-9,11-16,22,29-33,35H,1-4,10,17-21,23H2,5H3/t29-,30+,31-,32+,33+/m1/s1. The van der Waals surface area contributed by atoms with Crippen LogP contribution in [-0.4, -0.2) is 64.0 Å². The smallest absolute Gasteiger partial charge is 0.119 e. The zero-order valence-corrected chi connectivity index (χ0v) is 24.2. The molecule has 2 aromatic rings. The summed E-state index contributed by atoms with van der Waals surface area (Å²) in [4.78, 5) is 0. The van der Waals surface area contributed by atoms with Crippen LogP contribution in [0.2, 0.25) is 5.02 Å². The van der Waals surface area contributed by atoms with Crippen LogP contribution in [0.1, 0.15) is 29.7 Å². The molecule has 1 fully saturated rings. The molecule has 0 aromatic heterocycles. The number of rotatable bonds is 18. The van der Waals surface area contributed by atoms with E-state index in [0.29, 0.717) is 51.1 Å². The Labute approximate surface area is 244 Å². The van der Waals surface area contributed by atoms with E-state index in [4.69, 9.17) is 35.3 Å². The fraction of sp³-hybridized carbons (Fsp3) is 0.394. The molecule has 0 radical (unpaired) electrons. The molecule has 1 aliphatic heterocycles. The van der Waals surface area contributed by atoms with Crippen LogP contribution in [-0.2, 0) is 25.4 Å². The van der Waals surface area contributed by atoms with Gasteiger partial charge in [-0.3, -0.25) is 0 Å². The van der Waals surface area contributed by atoms with Crippen molar-refractivity contribution >= 4 is 11.6 Å². The Bertz CT molecular complexity index is 1090. The Hall–Kier alpha value is -2.71. The lowest BCUT2D eigenvalue weighted by molar-refractivity contribution is -0.174. The maximum Gasteiger partial charge on any atom is 0.119 e. The van der Waals surface area contributed by atoms with E-state index in [0.717, 1.165) is 22.4 Å². The van der Waals surface area contributed by atoms with E-state index in [9.17, 15) is 0 Å². The van der Waals surface area contributed by atoms with Gasteiger partial charge < -0.3 is 29.0 Å². The van der Waals surface area contributed by atoms with E-state index in [1.807, 2.05) is 31.2 Å². The number of halogens is 1. The van der Waals surface area contributed by atoms with Gasteiger partial charge in [0.25, 0.3) is 0 Å². The zero-order chi connectivity index (χ0) is 28.7. The molecule has 0 aliphatic carbocycles. The van der Waals surface area contributed by atoms with E-state index in [1.54, 1.807) is 24.3 Å². The minimum absolute atomic E-state index is 0.187. The van der Waals surface area contributed by atoms with Gasteiger partial charge in [-0.2, -0.15) is 0 Å². The van der Waals surface area contributed by atoms with Gasteiger partial charge in [0.15, 0.2) is 0 Å². The minimum Gasteiger partial charge on any atom is -0.494 e. The van der Waals surface area contributed by atoms with Gasteiger partial charge in [-0.05, 0) is 48.2 Å². The maximum absolute atomic E-state index is 6.69. The van der Waals surface area contributed by atoms with Gasteiger partial charge in [0.2, 0.25) is 0 Å². The summed E-state index contributed by atoms with van der Waals surface area (Å²) in [6, 6.07) is 13.8. The number of hydrogen-bond donors (Lipinski definition) is 1. The highest BCUT2D eigenvalue weighted by Crippen LogP contribution is 2.35. The van der Waals surface area contributed by atoms with Crippen molar-refractivity contribution in [1.29, 1.82) is 0 Å². The Morgan fingerprint density at radius 1 is 0.800 bits per heavy atom. The first-order chi connectivity index (χ1) is 19.6. The van der Waals surface area contributed by atoms with E-state index in [1.165, 1.54) is 0 Å². The molecular formula is C33H42ClNO5. The molecule has 1 aliphatic rings. The second kappa shape index (κ2) is 17.2. The number of piperidine rings is 1. The summed E-state index contributed by atoms with van der Waals surface area (Å²) in [5, 5.41) is 4.45. The van der Waals surface area contributed by atoms with Crippen LogP contribution in [0.25, 0.3) is 0 Å². The molecule has 0 amide bonds. The van der Waals surface area contributed by atoms with Crippen molar-refractivity contribution in [2.45, 2.75) is 43.7 Å². The van der Waals surface area contributed by atoms with Crippen molar-refractivity contribution in [2.75, 3.05) is 39.6 Å². The van der Waals surface area contributed by atoms with Crippen LogP contribution >= 0.6 is 11.6 Å². The molecule has 7 heteroatoms. The fourth-order valence-corrected chi connectivity index (χ4v) is 5.06. The zero-order valence-electron chi connectivity index (χ0n) is 23.4. The molecular weight excluding hydrogens is 526 g/mol. The average molecular weight is 568 g/mol. The summed E-state index contributed by atoms with van der Waals surface area (Å²) >= 11 is 6.69. The number of hydrogen-bond acceptors (Lipinski definition) is 6. The topological polar surface area (TPSA) is 58.2 Å². The summed E-state index contributed by atoms with van der Waals surface area (Å²) in [5.74, 6) is 0.850. The van der Waals surface area contributed by atoms with Gasteiger partial charge in [0, 0.05) is 5.02 Å². The quantitative estimate of drug-likeness (QED) is 0.169. The summed E-state index contributed by atoms with van der Waals surface area (Å²) < 4.78 is 30.4. The predicted molar refractivity (Wildman–Crippen MR) is 162 cm³/mol. The van der Waals surface area contributed by atoms with Crippen LogP contribution in [0, 0.1) is 0 Å². The third-order valence-electron chi connectivity index (χ3n) is 6.58. The van der Waals surface area contributed by atoms with Gasteiger partial charge in [0.05, 0.1) is 51.7 Å². The minimum atomic E-state index is -0.410. The van der Waals surface area contributed by atoms with Crippen molar-refractivity contribution < 1.29 is 23.7 Å². The number of ether oxygens (including phenoxy) is 5. The van der Waals surface area contributed by atoms with Gasteiger partial charge in [-0.25, -0.2) is 0 Å². The molecule has 216 valence electrons. The van der Waals surface area contributed by atoms with Crippen LogP contribution in [0.5, 0.6) is 5.75 Å². The van der Waals surface area contributed by atoms with E-state index in [-0.39, 0.29) is 24.3 Å². The van der Waals surface area contributed by atoms with Gasteiger partial charge in [-0.15, -0.1) is 26.3 Å². The summed E-state index contributed by atoms with van der Waals surface area (Å²) in [6.45, 7) is 19.8. The predicted octanol–water partition coefficient (Wildman–Crippen LogP) is 6.26. The van der Waals surface area contributed by atoms with Crippen LogP contribution in [0.4, 0.5) is 0 Å². The van der Waals surface area contributed by atoms with E-state index < -0.39 is 6.10 Å².